The Bertz CT molecular complexity index is 1260. The lowest BCUT2D eigenvalue weighted by Crippen LogP contribution is -2.50. The van der Waals surface area contributed by atoms with E-state index in [0.717, 1.165) is 5.69 Å². The maximum absolute atomic E-state index is 12.5. The number of halogens is 1. The van der Waals surface area contributed by atoms with E-state index in [1.807, 2.05) is 19.9 Å². The van der Waals surface area contributed by atoms with Crippen molar-refractivity contribution in [3.8, 4) is 23.3 Å². The zero-order valence-corrected chi connectivity index (χ0v) is 19.6. The highest BCUT2D eigenvalue weighted by atomic mass is 35.5. The van der Waals surface area contributed by atoms with Gasteiger partial charge >= 0.3 is 5.97 Å². The summed E-state index contributed by atoms with van der Waals surface area (Å²) in [4.78, 5) is 24.3. The molecule has 1 aromatic heterocycles. The second kappa shape index (κ2) is 9.35. The van der Waals surface area contributed by atoms with Gasteiger partial charge in [-0.25, -0.2) is 9.48 Å². The minimum atomic E-state index is -1.15. The molecule has 1 heterocycles. The van der Waals surface area contributed by atoms with Gasteiger partial charge in [0.15, 0.2) is 5.75 Å². The lowest BCUT2D eigenvalue weighted by molar-refractivity contribution is -0.146. The Hall–Kier alpha value is -3.83. The third-order valence-corrected chi connectivity index (χ3v) is 5.31. The number of nitriles is 1. The first-order valence-corrected chi connectivity index (χ1v) is 10.4. The highest BCUT2D eigenvalue weighted by Crippen LogP contribution is 2.31. The molecule has 0 saturated carbocycles. The summed E-state index contributed by atoms with van der Waals surface area (Å²) in [6, 6.07) is 13.6. The van der Waals surface area contributed by atoms with Gasteiger partial charge in [0.2, 0.25) is 0 Å². The lowest BCUT2D eigenvalue weighted by atomic mass is 10.1. The number of methoxy groups -OCH3 is 1. The van der Waals surface area contributed by atoms with Gasteiger partial charge in [-0.05, 0) is 70.2 Å². The van der Waals surface area contributed by atoms with Gasteiger partial charge in [-0.1, -0.05) is 11.6 Å². The van der Waals surface area contributed by atoms with Gasteiger partial charge in [-0.3, -0.25) is 4.79 Å². The summed E-state index contributed by atoms with van der Waals surface area (Å²) < 4.78 is 12.4. The molecule has 0 bridgehead atoms. The summed E-state index contributed by atoms with van der Waals surface area (Å²) >= 11 is 6.16. The number of nitrogens with one attached hydrogen (secondary N) is 1. The van der Waals surface area contributed by atoms with Crippen molar-refractivity contribution in [1.29, 1.82) is 5.26 Å². The van der Waals surface area contributed by atoms with Gasteiger partial charge in [0.05, 0.1) is 29.1 Å². The van der Waals surface area contributed by atoms with Crippen molar-refractivity contribution in [2.24, 2.45) is 0 Å². The largest absolute Gasteiger partial charge is 0.467 e. The molecule has 0 saturated heterocycles. The molecule has 0 aliphatic heterocycles. The molecular formula is C24H23ClN4O4. The van der Waals surface area contributed by atoms with Gasteiger partial charge in [0.25, 0.3) is 5.91 Å². The number of benzene rings is 2. The molecule has 170 valence electrons. The molecular weight excluding hydrogens is 444 g/mol. The highest BCUT2D eigenvalue weighted by Gasteiger charge is 2.30. The van der Waals surface area contributed by atoms with Gasteiger partial charge in [-0.2, -0.15) is 10.4 Å². The van der Waals surface area contributed by atoms with Crippen LogP contribution in [0.1, 0.15) is 41.2 Å². The van der Waals surface area contributed by atoms with Crippen LogP contribution in [-0.4, -0.2) is 34.3 Å². The Morgan fingerprint density at radius 3 is 2.39 bits per heavy atom. The summed E-state index contributed by atoms with van der Waals surface area (Å²) in [7, 11) is 1.27. The fraction of sp³-hybridized carbons (Fsp3) is 0.250. The number of aromatic nitrogens is 2. The predicted octanol–water partition coefficient (Wildman–Crippen LogP) is 4.49. The van der Waals surface area contributed by atoms with Gasteiger partial charge in [0.1, 0.15) is 23.1 Å². The van der Waals surface area contributed by atoms with E-state index in [0.29, 0.717) is 39.0 Å². The van der Waals surface area contributed by atoms with Crippen LogP contribution in [0.4, 0.5) is 0 Å². The zero-order valence-electron chi connectivity index (χ0n) is 18.9. The van der Waals surface area contributed by atoms with Gasteiger partial charge in [0, 0.05) is 5.56 Å². The number of hydrogen-bond donors (Lipinski definition) is 1. The number of ether oxygens (including phenoxy) is 2. The van der Waals surface area contributed by atoms with Crippen LogP contribution in [0.3, 0.4) is 0 Å². The third-order valence-electron chi connectivity index (χ3n) is 5.00. The Morgan fingerprint density at radius 1 is 1.15 bits per heavy atom. The molecule has 0 unspecified atom stereocenters. The monoisotopic (exact) mass is 466 g/mol. The van der Waals surface area contributed by atoms with Crippen LogP contribution in [-0.2, 0) is 9.53 Å². The van der Waals surface area contributed by atoms with Crippen molar-refractivity contribution in [2.75, 3.05) is 7.11 Å². The number of carbonyl (C=O) groups excluding carboxylic acids is 2. The number of hydrogen-bond acceptors (Lipinski definition) is 6. The molecule has 1 N–H and O–H groups in total. The molecule has 0 atom stereocenters. The van der Waals surface area contributed by atoms with Crippen LogP contribution in [0, 0.1) is 25.2 Å². The Morgan fingerprint density at radius 2 is 1.82 bits per heavy atom. The smallest absolute Gasteiger partial charge is 0.330 e. The number of amides is 1. The number of nitrogens with zero attached hydrogens (tertiary/aromatic N) is 3. The van der Waals surface area contributed by atoms with Crippen LogP contribution >= 0.6 is 11.6 Å². The third kappa shape index (κ3) is 4.99. The molecule has 0 radical (unpaired) electrons. The zero-order chi connectivity index (χ0) is 24.3. The van der Waals surface area contributed by atoms with E-state index >= 15 is 0 Å². The van der Waals surface area contributed by atoms with Crippen LogP contribution in [0.5, 0.6) is 11.5 Å². The maximum atomic E-state index is 12.5. The molecule has 0 fully saturated rings. The Kier molecular flexibility index (Phi) is 6.75. The van der Waals surface area contributed by atoms with E-state index in [1.54, 1.807) is 61.0 Å². The molecule has 8 nitrogen and oxygen atoms in total. The first-order chi connectivity index (χ1) is 15.6. The normalized spacial score (nSPS) is 10.9. The first-order valence-electron chi connectivity index (χ1n) is 10.0. The average molecular weight is 467 g/mol. The van der Waals surface area contributed by atoms with E-state index < -0.39 is 17.4 Å². The summed E-state index contributed by atoms with van der Waals surface area (Å²) in [5, 5.41) is 16.6. The highest BCUT2D eigenvalue weighted by molar-refractivity contribution is 6.31. The molecule has 0 aliphatic carbocycles. The Balaban J connectivity index is 1.79. The van der Waals surface area contributed by atoms with Crippen molar-refractivity contribution < 1.29 is 19.1 Å². The second-order valence-electron chi connectivity index (χ2n) is 7.88. The number of aryl methyl sites for hydroxylation is 1. The quantitative estimate of drug-likeness (QED) is 0.536. The van der Waals surface area contributed by atoms with Crippen LogP contribution in [0.25, 0.3) is 5.69 Å². The first kappa shape index (κ1) is 23.8. The molecule has 33 heavy (non-hydrogen) atoms. The molecule has 9 heteroatoms. The van der Waals surface area contributed by atoms with E-state index in [9.17, 15) is 9.59 Å². The van der Waals surface area contributed by atoms with Crippen molar-refractivity contribution in [2.45, 2.75) is 33.2 Å². The van der Waals surface area contributed by atoms with Crippen LogP contribution < -0.4 is 10.1 Å². The summed E-state index contributed by atoms with van der Waals surface area (Å²) in [6.45, 7) is 6.82. The molecule has 0 aliphatic rings. The molecule has 2 aromatic carbocycles. The maximum Gasteiger partial charge on any atom is 0.330 e. The topological polar surface area (TPSA) is 106 Å². The molecule has 1 amide bonds. The number of carbonyl (C=O) groups is 2. The average Bonchev–Trinajstić information content (AvgIpc) is 3.06. The van der Waals surface area contributed by atoms with Crippen molar-refractivity contribution in [3.63, 3.8) is 0 Å². The fourth-order valence-corrected chi connectivity index (χ4v) is 3.43. The van der Waals surface area contributed by atoms with Crippen molar-refractivity contribution in [3.05, 3.63) is 70.0 Å². The fourth-order valence-electron chi connectivity index (χ4n) is 3.21. The summed E-state index contributed by atoms with van der Waals surface area (Å²) in [5.41, 5.74) is 1.71. The number of rotatable bonds is 6. The van der Waals surface area contributed by atoms with E-state index in [2.05, 4.69) is 10.4 Å². The van der Waals surface area contributed by atoms with Crippen molar-refractivity contribution >= 4 is 23.5 Å². The van der Waals surface area contributed by atoms with Gasteiger partial charge < -0.3 is 14.8 Å². The summed E-state index contributed by atoms with van der Waals surface area (Å²) in [5.74, 6) is 0.138. The number of esters is 1. The molecule has 3 aromatic rings. The Labute approximate surface area is 196 Å². The van der Waals surface area contributed by atoms with E-state index in [-0.39, 0.29) is 0 Å². The minimum absolute atomic E-state index is 0.342. The standard InChI is InChI=1S/C24H23ClN4O4/c1-14-21(15(2)29(28-14)18-9-6-17(13-26)20(25)12-18)33-19-10-7-16(8-11-19)22(30)27-24(3,4)23(31)32-5/h6-12H,1-5H3,(H,27,30). The minimum Gasteiger partial charge on any atom is -0.467 e. The summed E-state index contributed by atoms with van der Waals surface area (Å²) in [6.07, 6.45) is 0. The van der Waals surface area contributed by atoms with E-state index in [1.165, 1.54) is 7.11 Å². The van der Waals surface area contributed by atoms with Crippen LogP contribution in [0.15, 0.2) is 42.5 Å². The second-order valence-corrected chi connectivity index (χ2v) is 8.29. The van der Waals surface area contributed by atoms with Crippen molar-refractivity contribution in [1.82, 2.24) is 15.1 Å². The molecule has 0 spiro atoms. The predicted molar refractivity (Wildman–Crippen MR) is 123 cm³/mol. The van der Waals surface area contributed by atoms with Crippen LogP contribution in [0.2, 0.25) is 5.02 Å². The van der Waals surface area contributed by atoms with Gasteiger partial charge in [-0.15, -0.1) is 0 Å². The lowest BCUT2D eigenvalue weighted by Gasteiger charge is -2.23. The van der Waals surface area contributed by atoms with E-state index in [4.69, 9.17) is 26.3 Å². The molecule has 3 rings (SSSR count). The SMILES string of the molecule is COC(=O)C(C)(C)NC(=O)c1ccc(Oc2c(C)nn(-c3ccc(C#N)c(Cl)c3)c2C)cc1.